The number of carbonyl (C=O) groups is 1. The number of nitrogen functional groups attached to an aromatic ring is 1. The van der Waals surface area contributed by atoms with Crippen molar-refractivity contribution in [3.63, 3.8) is 0 Å². The maximum absolute atomic E-state index is 13.0. The van der Waals surface area contributed by atoms with Crippen molar-refractivity contribution in [1.29, 1.82) is 0 Å². The number of nitrogens with zero attached hydrogens (tertiary/aromatic N) is 2. The highest BCUT2D eigenvalue weighted by Crippen LogP contribution is 2.30. The van der Waals surface area contributed by atoms with Gasteiger partial charge in [-0.15, -0.1) is 0 Å². The number of anilines is 3. The molecule has 3 rings (SSSR count). The zero-order valence-electron chi connectivity index (χ0n) is 16.3. The number of amides is 1. The number of pyridine rings is 1. The molecular weight excluding hydrogens is 326 g/mol. The maximum atomic E-state index is 13.0. The van der Waals surface area contributed by atoms with Crippen LogP contribution < -0.4 is 21.3 Å². The molecule has 144 valence electrons. The fourth-order valence-corrected chi connectivity index (χ4v) is 4.02. The summed E-state index contributed by atoms with van der Waals surface area (Å²) in [6.45, 7) is 6.43. The first-order valence-electron chi connectivity index (χ1n) is 10.0. The molecule has 1 aliphatic carbocycles. The van der Waals surface area contributed by atoms with E-state index in [9.17, 15) is 4.79 Å². The van der Waals surface area contributed by atoms with E-state index in [1.165, 1.54) is 12.8 Å². The molecule has 6 nitrogen and oxygen atoms in total. The van der Waals surface area contributed by atoms with Crippen LogP contribution in [0.3, 0.4) is 0 Å². The third-order valence-electron chi connectivity index (χ3n) is 5.95. The van der Waals surface area contributed by atoms with Crippen molar-refractivity contribution in [2.45, 2.75) is 58.4 Å². The molecule has 0 unspecified atom stereocenters. The third kappa shape index (κ3) is 4.22. The molecule has 1 aromatic heterocycles. The lowest BCUT2D eigenvalue weighted by Crippen LogP contribution is -2.40. The molecule has 1 saturated carbocycles. The van der Waals surface area contributed by atoms with Crippen molar-refractivity contribution in [1.82, 2.24) is 10.3 Å². The van der Waals surface area contributed by atoms with Crippen LogP contribution in [0.15, 0.2) is 6.07 Å². The Kier molecular flexibility index (Phi) is 5.89. The van der Waals surface area contributed by atoms with E-state index in [4.69, 9.17) is 10.7 Å². The van der Waals surface area contributed by atoms with Gasteiger partial charge in [0.2, 0.25) is 0 Å². The number of nitrogens with two attached hydrogens (primary N) is 1. The molecule has 0 radical (unpaired) electrons. The highest BCUT2D eigenvalue weighted by atomic mass is 16.1. The van der Waals surface area contributed by atoms with E-state index in [-0.39, 0.29) is 11.9 Å². The highest BCUT2D eigenvalue weighted by molar-refractivity contribution is 6.00. The Morgan fingerprint density at radius 2 is 1.73 bits per heavy atom. The van der Waals surface area contributed by atoms with E-state index in [1.54, 1.807) is 6.07 Å². The van der Waals surface area contributed by atoms with Gasteiger partial charge in [-0.2, -0.15) is 0 Å². The topological polar surface area (TPSA) is 83.3 Å². The van der Waals surface area contributed by atoms with Gasteiger partial charge in [-0.05, 0) is 56.4 Å². The van der Waals surface area contributed by atoms with Crippen LogP contribution in [0.2, 0.25) is 0 Å². The second-order valence-electron chi connectivity index (χ2n) is 8.15. The predicted molar refractivity (Wildman–Crippen MR) is 108 cm³/mol. The molecule has 0 aromatic carbocycles. The fraction of sp³-hybridized carbons (Fsp3) is 0.700. The lowest BCUT2D eigenvalue weighted by atomic mass is 9.87. The summed E-state index contributed by atoms with van der Waals surface area (Å²) >= 11 is 0. The number of carbonyl (C=O) groups excluding carboxylic acids is 1. The van der Waals surface area contributed by atoms with E-state index < -0.39 is 0 Å². The Morgan fingerprint density at radius 3 is 2.35 bits per heavy atom. The summed E-state index contributed by atoms with van der Waals surface area (Å²) in [7, 11) is 1.81. The number of piperidine rings is 1. The molecule has 1 amide bonds. The second-order valence-corrected chi connectivity index (χ2v) is 8.15. The van der Waals surface area contributed by atoms with Crippen molar-refractivity contribution in [2.24, 2.45) is 11.8 Å². The molecular formula is C20H33N5O. The second kappa shape index (κ2) is 8.14. The summed E-state index contributed by atoms with van der Waals surface area (Å²) in [6, 6.07) is 2.05. The summed E-state index contributed by atoms with van der Waals surface area (Å²) in [5, 5.41) is 6.27. The number of aromatic nitrogens is 1. The van der Waals surface area contributed by atoms with Crippen LogP contribution in [0.5, 0.6) is 0 Å². The van der Waals surface area contributed by atoms with Crippen molar-refractivity contribution in [3.05, 3.63) is 11.6 Å². The largest absolute Gasteiger partial charge is 0.396 e. The number of hydrogen-bond donors (Lipinski definition) is 3. The average molecular weight is 360 g/mol. The van der Waals surface area contributed by atoms with Gasteiger partial charge in [-0.25, -0.2) is 4.98 Å². The minimum atomic E-state index is -0.0416. The maximum Gasteiger partial charge on any atom is 0.255 e. The van der Waals surface area contributed by atoms with Gasteiger partial charge in [0.05, 0.1) is 11.3 Å². The first-order valence-corrected chi connectivity index (χ1v) is 10.0. The Bertz CT molecular complexity index is 631. The van der Waals surface area contributed by atoms with Crippen LogP contribution in [0.25, 0.3) is 0 Å². The van der Waals surface area contributed by atoms with Gasteiger partial charge in [0, 0.05) is 26.2 Å². The summed E-state index contributed by atoms with van der Waals surface area (Å²) in [5.74, 6) is 2.85. The van der Waals surface area contributed by atoms with Gasteiger partial charge in [0.15, 0.2) is 5.82 Å². The lowest BCUT2D eigenvalue weighted by Gasteiger charge is -2.33. The third-order valence-corrected chi connectivity index (χ3v) is 5.95. The van der Waals surface area contributed by atoms with Gasteiger partial charge in [-0.1, -0.05) is 13.8 Å². The molecule has 2 aliphatic rings. The Balaban J connectivity index is 1.82. The summed E-state index contributed by atoms with van der Waals surface area (Å²) in [5.41, 5.74) is 7.24. The molecule has 2 fully saturated rings. The predicted octanol–water partition coefficient (Wildman–Crippen LogP) is 3.25. The standard InChI is InChI=1S/C20H33N5O/c1-13-4-6-15(7-5-13)23-20(26)16-12-17(21)18(22-3)24-19(16)25-10-8-14(2)9-11-25/h12-15H,4-11,21H2,1-3H3,(H,22,24)(H,23,26)/t13-,15-. The molecule has 0 atom stereocenters. The molecule has 26 heavy (non-hydrogen) atoms. The molecule has 1 aromatic rings. The Morgan fingerprint density at radius 1 is 1.12 bits per heavy atom. The minimum absolute atomic E-state index is 0.0416. The number of rotatable bonds is 4. The zero-order chi connectivity index (χ0) is 18.7. The fourth-order valence-electron chi connectivity index (χ4n) is 4.02. The summed E-state index contributed by atoms with van der Waals surface area (Å²) in [4.78, 5) is 19.9. The van der Waals surface area contributed by atoms with Gasteiger partial charge < -0.3 is 21.3 Å². The number of nitrogens with one attached hydrogen (secondary N) is 2. The van der Waals surface area contributed by atoms with Crippen molar-refractivity contribution in [2.75, 3.05) is 36.1 Å². The Hall–Kier alpha value is -1.98. The van der Waals surface area contributed by atoms with Crippen LogP contribution in [-0.2, 0) is 0 Å². The van der Waals surface area contributed by atoms with E-state index in [0.29, 0.717) is 17.1 Å². The minimum Gasteiger partial charge on any atom is -0.396 e. The molecule has 1 aliphatic heterocycles. The molecule has 2 heterocycles. The van der Waals surface area contributed by atoms with Crippen LogP contribution in [-0.4, -0.2) is 37.1 Å². The van der Waals surface area contributed by atoms with Gasteiger partial charge in [0.1, 0.15) is 5.82 Å². The summed E-state index contributed by atoms with van der Waals surface area (Å²) < 4.78 is 0. The van der Waals surface area contributed by atoms with Gasteiger partial charge in [0.25, 0.3) is 5.91 Å². The van der Waals surface area contributed by atoms with E-state index in [2.05, 4.69) is 29.4 Å². The van der Waals surface area contributed by atoms with E-state index in [1.807, 2.05) is 7.05 Å². The molecule has 6 heteroatoms. The van der Waals surface area contributed by atoms with Crippen LogP contribution in [0.4, 0.5) is 17.3 Å². The zero-order valence-corrected chi connectivity index (χ0v) is 16.3. The normalized spacial score (nSPS) is 24.3. The van der Waals surface area contributed by atoms with Gasteiger partial charge >= 0.3 is 0 Å². The first kappa shape index (κ1) is 18.8. The quantitative estimate of drug-likeness (QED) is 0.768. The van der Waals surface area contributed by atoms with E-state index in [0.717, 1.165) is 56.4 Å². The van der Waals surface area contributed by atoms with Crippen molar-refractivity contribution < 1.29 is 4.79 Å². The van der Waals surface area contributed by atoms with Crippen LogP contribution >= 0.6 is 0 Å². The smallest absolute Gasteiger partial charge is 0.255 e. The average Bonchev–Trinajstić information content (AvgIpc) is 2.64. The SMILES string of the molecule is CNc1nc(N2CCC(C)CC2)c(C(=O)N[C@H]2CC[C@H](C)CC2)cc1N. The Labute approximate surface area is 156 Å². The molecule has 4 N–H and O–H groups in total. The van der Waals surface area contributed by atoms with Crippen molar-refractivity contribution >= 4 is 23.2 Å². The van der Waals surface area contributed by atoms with Crippen molar-refractivity contribution in [3.8, 4) is 0 Å². The monoisotopic (exact) mass is 359 g/mol. The summed E-state index contributed by atoms with van der Waals surface area (Å²) in [6.07, 6.45) is 6.73. The van der Waals surface area contributed by atoms with Crippen LogP contribution in [0.1, 0.15) is 62.7 Å². The first-order chi connectivity index (χ1) is 12.5. The molecule has 0 bridgehead atoms. The lowest BCUT2D eigenvalue weighted by molar-refractivity contribution is 0.0923. The highest BCUT2D eigenvalue weighted by Gasteiger charge is 2.26. The van der Waals surface area contributed by atoms with Crippen LogP contribution in [0, 0.1) is 11.8 Å². The number of hydrogen-bond acceptors (Lipinski definition) is 5. The van der Waals surface area contributed by atoms with E-state index >= 15 is 0 Å². The molecule has 0 spiro atoms. The molecule has 1 saturated heterocycles. The van der Waals surface area contributed by atoms with Gasteiger partial charge in [-0.3, -0.25) is 4.79 Å².